The number of alkyl halides is 2. The molecular formula is C13H17Cl2FS. The van der Waals surface area contributed by atoms with Crippen molar-refractivity contribution in [3.05, 3.63) is 35.6 Å². The molecule has 0 saturated carbocycles. The fourth-order valence-corrected chi connectivity index (χ4v) is 3.17. The average molecular weight is 295 g/mol. The number of rotatable bonds is 7. The van der Waals surface area contributed by atoms with Gasteiger partial charge in [0.15, 0.2) is 0 Å². The molecule has 0 atom stereocenters. The molecule has 0 heterocycles. The minimum Gasteiger partial charge on any atom is -0.207 e. The molecule has 0 amide bonds. The molecule has 0 saturated heterocycles. The molecule has 0 unspecified atom stereocenters. The summed E-state index contributed by atoms with van der Waals surface area (Å²) in [5.41, 5.74) is 0.204. The lowest BCUT2D eigenvalue weighted by atomic mass is 9.80. The van der Waals surface area contributed by atoms with Gasteiger partial charge in [0.25, 0.3) is 0 Å². The average Bonchev–Trinajstić information content (AvgIpc) is 2.36. The van der Waals surface area contributed by atoms with Gasteiger partial charge in [0.05, 0.1) is 0 Å². The lowest BCUT2D eigenvalue weighted by Crippen LogP contribution is -2.32. The van der Waals surface area contributed by atoms with Gasteiger partial charge < -0.3 is 0 Å². The number of hydrogen-bond acceptors (Lipinski definition) is 1. The highest BCUT2D eigenvalue weighted by molar-refractivity contribution is 7.98. The summed E-state index contributed by atoms with van der Waals surface area (Å²) in [4.78, 5) is 0. The molecule has 0 nitrogen and oxygen atoms in total. The second-order valence-corrected chi connectivity index (χ2v) is 5.64. The highest BCUT2D eigenvalue weighted by Crippen LogP contribution is 2.34. The molecule has 0 fully saturated rings. The first kappa shape index (κ1) is 15.1. The van der Waals surface area contributed by atoms with Gasteiger partial charge in [-0.1, -0.05) is 18.2 Å². The predicted octanol–water partition coefficient (Wildman–Crippen LogP) is 4.68. The van der Waals surface area contributed by atoms with Gasteiger partial charge in [-0.15, -0.1) is 23.2 Å². The first-order valence-corrected chi connectivity index (χ1v) is 8.02. The molecule has 17 heavy (non-hydrogen) atoms. The zero-order valence-electron chi connectivity index (χ0n) is 9.89. The Bertz CT molecular complexity index is 340. The Hall–Kier alpha value is 0.0800. The molecular weight excluding hydrogens is 278 g/mol. The smallest absolute Gasteiger partial charge is 0.127 e. The van der Waals surface area contributed by atoms with E-state index < -0.39 is 5.41 Å². The van der Waals surface area contributed by atoms with Crippen molar-refractivity contribution in [1.29, 1.82) is 0 Å². The fourth-order valence-electron chi connectivity index (χ4n) is 1.89. The van der Waals surface area contributed by atoms with Crippen molar-refractivity contribution in [2.75, 3.05) is 23.8 Å². The van der Waals surface area contributed by atoms with E-state index in [1.54, 1.807) is 23.9 Å². The van der Waals surface area contributed by atoms with E-state index in [-0.39, 0.29) is 5.82 Å². The van der Waals surface area contributed by atoms with E-state index in [9.17, 15) is 4.39 Å². The topological polar surface area (TPSA) is 0 Å². The van der Waals surface area contributed by atoms with Gasteiger partial charge in [-0.25, -0.2) is 4.39 Å². The van der Waals surface area contributed by atoms with Crippen LogP contribution in [0.2, 0.25) is 0 Å². The number of thioether (sulfide) groups is 1. The molecule has 0 N–H and O–H groups in total. The Morgan fingerprint density at radius 1 is 1.24 bits per heavy atom. The van der Waals surface area contributed by atoms with Crippen LogP contribution < -0.4 is 0 Å². The highest BCUT2D eigenvalue weighted by Gasteiger charge is 2.32. The van der Waals surface area contributed by atoms with Crippen molar-refractivity contribution >= 4 is 35.0 Å². The van der Waals surface area contributed by atoms with Crippen LogP contribution in [0.15, 0.2) is 24.3 Å². The third kappa shape index (κ3) is 3.77. The lowest BCUT2D eigenvalue weighted by molar-refractivity contribution is 0.456. The third-order valence-electron chi connectivity index (χ3n) is 2.96. The lowest BCUT2D eigenvalue weighted by Gasteiger charge is -2.30. The van der Waals surface area contributed by atoms with Gasteiger partial charge in [0, 0.05) is 17.2 Å². The molecule has 1 rings (SSSR count). The summed E-state index contributed by atoms with van der Waals surface area (Å²) in [6, 6.07) is 6.78. The van der Waals surface area contributed by atoms with Crippen LogP contribution >= 0.6 is 35.0 Å². The summed E-state index contributed by atoms with van der Waals surface area (Å²) in [5.74, 6) is 1.54. The molecule has 4 heteroatoms. The van der Waals surface area contributed by atoms with E-state index in [1.807, 2.05) is 6.07 Å². The molecule has 1 aromatic carbocycles. The normalized spacial score (nSPS) is 11.8. The quantitative estimate of drug-likeness (QED) is 0.519. The standard InChI is InChI=1S/C13H17Cl2FS/c1-17-8-4-7-13(9-14,10-15)11-5-2-3-6-12(11)16/h2-3,5-6H,4,7-10H2,1H3. The van der Waals surface area contributed by atoms with E-state index in [2.05, 4.69) is 6.26 Å². The minimum atomic E-state index is -0.440. The molecule has 0 aliphatic carbocycles. The van der Waals surface area contributed by atoms with Gasteiger partial charge >= 0.3 is 0 Å². The summed E-state index contributed by atoms with van der Waals surface area (Å²) in [5, 5.41) is 0. The van der Waals surface area contributed by atoms with Gasteiger partial charge in [-0.3, -0.25) is 0 Å². The molecule has 0 aliphatic heterocycles. The van der Waals surface area contributed by atoms with Gasteiger partial charge in [0.1, 0.15) is 5.82 Å². The monoisotopic (exact) mass is 294 g/mol. The first-order valence-electron chi connectivity index (χ1n) is 5.56. The molecule has 0 radical (unpaired) electrons. The Morgan fingerprint density at radius 3 is 2.41 bits per heavy atom. The largest absolute Gasteiger partial charge is 0.207 e. The van der Waals surface area contributed by atoms with Crippen LogP contribution in [0.25, 0.3) is 0 Å². The fraction of sp³-hybridized carbons (Fsp3) is 0.538. The van der Waals surface area contributed by atoms with Crippen LogP contribution in [-0.2, 0) is 5.41 Å². The number of halogens is 3. The van der Waals surface area contributed by atoms with Crippen molar-refractivity contribution in [3.8, 4) is 0 Å². The van der Waals surface area contributed by atoms with E-state index in [4.69, 9.17) is 23.2 Å². The summed E-state index contributed by atoms with van der Waals surface area (Å²) in [7, 11) is 0. The van der Waals surface area contributed by atoms with Crippen molar-refractivity contribution in [2.45, 2.75) is 18.3 Å². The predicted molar refractivity (Wildman–Crippen MR) is 77.1 cm³/mol. The van der Waals surface area contributed by atoms with Crippen molar-refractivity contribution in [2.24, 2.45) is 0 Å². The summed E-state index contributed by atoms with van der Waals surface area (Å²) < 4.78 is 13.8. The van der Waals surface area contributed by atoms with E-state index in [0.717, 1.165) is 18.6 Å². The summed E-state index contributed by atoms with van der Waals surface area (Å²) in [6.45, 7) is 0. The summed E-state index contributed by atoms with van der Waals surface area (Å²) >= 11 is 13.9. The number of hydrogen-bond donors (Lipinski definition) is 0. The molecule has 1 aromatic rings. The maximum Gasteiger partial charge on any atom is 0.127 e. The number of benzene rings is 1. The van der Waals surface area contributed by atoms with E-state index >= 15 is 0 Å². The molecule has 96 valence electrons. The zero-order chi connectivity index (χ0) is 12.7. The highest BCUT2D eigenvalue weighted by atomic mass is 35.5. The second kappa shape index (κ2) is 7.50. The van der Waals surface area contributed by atoms with Crippen LogP contribution in [-0.4, -0.2) is 23.8 Å². The van der Waals surface area contributed by atoms with Crippen LogP contribution in [0.4, 0.5) is 4.39 Å². The Morgan fingerprint density at radius 2 is 1.88 bits per heavy atom. The maximum atomic E-state index is 13.8. The maximum absolute atomic E-state index is 13.8. The third-order valence-corrected chi connectivity index (χ3v) is 4.68. The summed E-state index contributed by atoms with van der Waals surface area (Å²) in [6.07, 6.45) is 3.88. The molecule has 0 bridgehead atoms. The molecule has 0 spiro atoms. The van der Waals surface area contributed by atoms with Crippen molar-refractivity contribution in [1.82, 2.24) is 0 Å². The Labute approximate surface area is 117 Å². The van der Waals surface area contributed by atoms with Crippen molar-refractivity contribution in [3.63, 3.8) is 0 Å². The van der Waals surface area contributed by atoms with Crippen LogP contribution in [0.1, 0.15) is 18.4 Å². The zero-order valence-corrected chi connectivity index (χ0v) is 12.2. The van der Waals surface area contributed by atoms with Crippen LogP contribution in [0.3, 0.4) is 0 Å². The minimum absolute atomic E-state index is 0.210. The molecule has 0 aromatic heterocycles. The van der Waals surface area contributed by atoms with Crippen LogP contribution in [0.5, 0.6) is 0 Å². The van der Waals surface area contributed by atoms with Crippen molar-refractivity contribution < 1.29 is 4.39 Å². The molecule has 0 aliphatic rings. The van der Waals surface area contributed by atoms with E-state index in [0.29, 0.717) is 17.3 Å². The Balaban J connectivity index is 2.94. The second-order valence-electron chi connectivity index (χ2n) is 4.12. The van der Waals surface area contributed by atoms with E-state index in [1.165, 1.54) is 6.07 Å². The van der Waals surface area contributed by atoms with Gasteiger partial charge in [0.2, 0.25) is 0 Å². The van der Waals surface area contributed by atoms with Gasteiger partial charge in [-0.2, -0.15) is 11.8 Å². The first-order chi connectivity index (χ1) is 8.20. The van der Waals surface area contributed by atoms with Crippen LogP contribution in [0, 0.1) is 5.82 Å². The SMILES string of the molecule is CSCCCC(CCl)(CCl)c1ccccc1F. The Kier molecular flexibility index (Phi) is 6.68. The van der Waals surface area contributed by atoms with Gasteiger partial charge in [-0.05, 0) is 36.5 Å².